The van der Waals surface area contributed by atoms with Crippen LogP contribution in [-0.4, -0.2) is 10.8 Å². The standard InChI is InChI=1S/C17H22N2S/c1-17(2)10-13(18)12-8-9-19(15(12)11-17)14-6-4-5-7-16(14)20-3/h4-9,13H,10-11,18H2,1-3H3. The molecule has 0 radical (unpaired) electrons. The Balaban J connectivity index is 2.13. The van der Waals surface area contributed by atoms with Gasteiger partial charge in [-0.25, -0.2) is 0 Å². The fraction of sp³-hybridized carbons (Fsp3) is 0.412. The van der Waals surface area contributed by atoms with Gasteiger partial charge in [-0.3, -0.25) is 0 Å². The zero-order valence-electron chi connectivity index (χ0n) is 12.4. The minimum Gasteiger partial charge on any atom is -0.324 e. The zero-order chi connectivity index (χ0) is 14.3. The first-order valence-electron chi connectivity index (χ1n) is 7.11. The van der Waals surface area contributed by atoms with E-state index in [0.29, 0.717) is 0 Å². The van der Waals surface area contributed by atoms with E-state index in [9.17, 15) is 0 Å². The van der Waals surface area contributed by atoms with Crippen molar-refractivity contribution in [3.8, 4) is 5.69 Å². The van der Waals surface area contributed by atoms with Crippen LogP contribution in [0.25, 0.3) is 5.69 Å². The predicted molar refractivity (Wildman–Crippen MR) is 86.6 cm³/mol. The quantitative estimate of drug-likeness (QED) is 0.840. The zero-order valence-corrected chi connectivity index (χ0v) is 13.2. The molecular weight excluding hydrogens is 264 g/mol. The molecule has 0 bridgehead atoms. The summed E-state index contributed by atoms with van der Waals surface area (Å²) in [6.07, 6.45) is 6.46. The number of thioether (sulfide) groups is 1. The lowest BCUT2D eigenvalue weighted by atomic mass is 9.74. The number of benzene rings is 1. The van der Waals surface area contributed by atoms with Gasteiger partial charge in [0.15, 0.2) is 0 Å². The van der Waals surface area contributed by atoms with Crippen LogP contribution < -0.4 is 5.73 Å². The van der Waals surface area contributed by atoms with Gasteiger partial charge >= 0.3 is 0 Å². The lowest BCUT2D eigenvalue weighted by Gasteiger charge is -2.34. The monoisotopic (exact) mass is 286 g/mol. The Morgan fingerprint density at radius 1 is 1.25 bits per heavy atom. The smallest absolute Gasteiger partial charge is 0.0588 e. The van der Waals surface area contributed by atoms with Crippen LogP contribution in [0.1, 0.15) is 37.6 Å². The first-order chi connectivity index (χ1) is 9.52. The molecule has 1 atom stereocenters. The van der Waals surface area contributed by atoms with Gasteiger partial charge in [-0.1, -0.05) is 26.0 Å². The maximum Gasteiger partial charge on any atom is 0.0588 e. The number of rotatable bonds is 2. The Labute approximate surface area is 125 Å². The van der Waals surface area contributed by atoms with E-state index >= 15 is 0 Å². The Morgan fingerprint density at radius 3 is 2.75 bits per heavy atom. The van der Waals surface area contributed by atoms with Crippen LogP contribution in [-0.2, 0) is 6.42 Å². The normalized spacial score (nSPS) is 20.7. The van der Waals surface area contributed by atoms with Crippen LogP contribution in [0.3, 0.4) is 0 Å². The summed E-state index contributed by atoms with van der Waals surface area (Å²) in [5.41, 5.74) is 10.6. The van der Waals surface area contributed by atoms with Crippen molar-refractivity contribution in [2.75, 3.05) is 6.26 Å². The summed E-state index contributed by atoms with van der Waals surface area (Å²) in [5.74, 6) is 0. The van der Waals surface area contributed by atoms with Crippen molar-refractivity contribution in [1.29, 1.82) is 0 Å². The van der Waals surface area contributed by atoms with Crippen LogP contribution in [0.4, 0.5) is 0 Å². The predicted octanol–water partition coefficient (Wildman–Crippen LogP) is 4.17. The number of para-hydroxylation sites is 1. The van der Waals surface area contributed by atoms with Gasteiger partial charge in [-0.2, -0.15) is 0 Å². The van der Waals surface area contributed by atoms with Crippen molar-refractivity contribution < 1.29 is 0 Å². The van der Waals surface area contributed by atoms with Crippen LogP contribution in [0.5, 0.6) is 0 Å². The summed E-state index contributed by atoms with van der Waals surface area (Å²) < 4.78 is 2.34. The minimum absolute atomic E-state index is 0.163. The molecule has 20 heavy (non-hydrogen) atoms. The molecule has 1 aliphatic carbocycles. The van der Waals surface area contributed by atoms with E-state index in [4.69, 9.17) is 5.73 Å². The fourth-order valence-electron chi connectivity index (χ4n) is 3.29. The molecule has 1 aromatic heterocycles. The Bertz CT molecular complexity index is 628. The first-order valence-corrected chi connectivity index (χ1v) is 8.33. The third-order valence-electron chi connectivity index (χ3n) is 4.19. The van der Waals surface area contributed by atoms with Gasteiger partial charge in [0.05, 0.1) is 5.69 Å². The van der Waals surface area contributed by atoms with Gasteiger partial charge < -0.3 is 10.3 Å². The van der Waals surface area contributed by atoms with E-state index in [1.807, 2.05) is 0 Å². The number of hydrogen-bond donors (Lipinski definition) is 1. The molecule has 1 unspecified atom stereocenters. The molecule has 1 aromatic carbocycles. The summed E-state index contributed by atoms with van der Waals surface area (Å²) in [7, 11) is 0. The van der Waals surface area contributed by atoms with Crippen molar-refractivity contribution in [2.45, 2.75) is 37.6 Å². The molecule has 2 N–H and O–H groups in total. The molecule has 0 saturated carbocycles. The van der Waals surface area contributed by atoms with E-state index < -0.39 is 0 Å². The SMILES string of the molecule is CSc1ccccc1-n1ccc2c1CC(C)(C)CC2N. The molecular formula is C17H22N2S. The number of nitrogens with two attached hydrogens (primary N) is 1. The molecule has 1 aliphatic rings. The van der Waals surface area contributed by atoms with Crippen molar-refractivity contribution in [3.63, 3.8) is 0 Å². The second kappa shape index (κ2) is 4.97. The van der Waals surface area contributed by atoms with Crippen molar-refractivity contribution >= 4 is 11.8 Å². The summed E-state index contributed by atoms with van der Waals surface area (Å²) >= 11 is 1.79. The van der Waals surface area contributed by atoms with Crippen molar-refractivity contribution in [2.24, 2.45) is 11.1 Å². The second-order valence-electron chi connectivity index (χ2n) is 6.41. The second-order valence-corrected chi connectivity index (χ2v) is 7.26. The first kappa shape index (κ1) is 13.8. The largest absolute Gasteiger partial charge is 0.324 e. The topological polar surface area (TPSA) is 30.9 Å². The molecule has 0 fully saturated rings. The van der Waals surface area contributed by atoms with Gasteiger partial charge in [0.1, 0.15) is 0 Å². The van der Waals surface area contributed by atoms with Gasteiger partial charge in [0, 0.05) is 22.8 Å². The maximum absolute atomic E-state index is 6.37. The third kappa shape index (κ3) is 2.29. The van der Waals surface area contributed by atoms with Crippen LogP contribution in [0, 0.1) is 5.41 Å². The third-order valence-corrected chi connectivity index (χ3v) is 4.97. The number of fused-ring (bicyclic) bond motifs is 1. The molecule has 0 aliphatic heterocycles. The fourth-order valence-corrected chi connectivity index (χ4v) is 3.88. The average molecular weight is 286 g/mol. The molecule has 0 spiro atoms. The highest BCUT2D eigenvalue weighted by molar-refractivity contribution is 7.98. The van der Waals surface area contributed by atoms with Crippen molar-refractivity contribution in [1.82, 2.24) is 4.57 Å². The van der Waals surface area contributed by atoms with E-state index in [2.05, 4.69) is 61.2 Å². The van der Waals surface area contributed by atoms with Gasteiger partial charge in [0.25, 0.3) is 0 Å². The lowest BCUT2D eigenvalue weighted by Crippen LogP contribution is -2.30. The van der Waals surface area contributed by atoms with Crippen LogP contribution in [0.2, 0.25) is 0 Å². The molecule has 3 heteroatoms. The lowest BCUT2D eigenvalue weighted by molar-refractivity contribution is 0.278. The number of hydrogen-bond acceptors (Lipinski definition) is 2. The van der Waals surface area contributed by atoms with Crippen molar-refractivity contribution in [3.05, 3.63) is 47.8 Å². The highest BCUT2D eigenvalue weighted by Gasteiger charge is 2.32. The Kier molecular flexibility index (Phi) is 3.43. The van der Waals surface area contributed by atoms with Gasteiger partial charge in [0.2, 0.25) is 0 Å². The molecule has 1 heterocycles. The van der Waals surface area contributed by atoms with Gasteiger partial charge in [-0.05, 0) is 48.3 Å². The average Bonchev–Trinajstić information content (AvgIpc) is 2.81. The summed E-state index contributed by atoms with van der Waals surface area (Å²) in [6.45, 7) is 4.63. The molecule has 2 aromatic rings. The highest BCUT2D eigenvalue weighted by Crippen LogP contribution is 2.41. The molecule has 3 rings (SSSR count). The number of aromatic nitrogens is 1. The van der Waals surface area contributed by atoms with E-state index in [-0.39, 0.29) is 11.5 Å². The van der Waals surface area contributed by atoms with Crippen LogP contribution in [0.15, 0.2) is 41.4 Å². The molecule has 106 valence electrons. The van der Waals surface area contributed by atoms with E-state index in [0.717, 1.165) is 12.8 Å². The Morgan fingerprint density at radius 2 is 2.00 bits per heavy atom. The van der Waals surface area contributed by atoms with Crippen LogP contribution >= 0.6 is 11.8 Å². The molecule has 0 amide bonds. The Hall–Kier alpha value is -1.19. The molecule has 0 saturated heterocycles. The highest BCUT2D eigenvalue weighted by atomic mass is 32.2. The minimum atomic E-state index is 0.163. The number of nitrogens with zero attached hydrogens (tertiary/aromatic N) is 1. The summed E-state index contributed by atoms with van der Waals surface area (Å²) in [6, 6.07) is 10.9. The summed E-state index contributed by atoms with van der Waals surface area (Å²) in [5, 5.41) is 0. The summed E-state index contributed by atoms with van der Waals surface area (Å²) in [4.78, 5) is 1.31. The van der Waals surface area contributed by atoms with E-state index in [1.165, 1.54) is 21.8 Å². The van der Waals surface area contributed by atoms with E-state index in [1.54, 1.807) is 11.8 Å². The molecule has 2 nitrogen and oxygen atoms in total. The maximum atomic E-state index is 6.37. The van der Waals surface area contributed by atoms with Gasteiger partial charge in [-0.15, -0.1) is 11.8 Å².